The third-order valence-electron chi connectivity index (χ3n) is 4.46. The molecule has 0 bridgehead atoms. The zero-order valence-corrected chi connectivity index (χ0v) is 13.2. The van der Waals surface area contributed by atoms with Crippen LogP contribution in [0.4, 0.5) is 0 Å². The average molecular weight is 308 g/mol. The molecular formula is C18H20N4O. The molecule has 0 N–H and O–H groups in total. The van der Waals surface area contributed by atoms with E-state index in [0.717, 1.165) is 36.7 Å². The van der Waals surface area contributed by atoms with Crippen molar-refractivity contribution in [1.82, 2.24) is 19.6 Å². The molecule has 1 aromatic carbocycles. The lowest BCUT2D eigenvalue weighted by Gasteiger charge is -2.22. The Kier molecular flexibility index (Phi) is 3.71. The first-order chi connectivity index (χ1) is 11.3. The van der Waals surface area contributed by atoms with Crippen LogP contribution >= 0.6 is 0 Å². The van der Waals surface area contributed by atoms with Crippen molar-refractivity contribution in [2.75, 3.05) is 6.54 Å². The van der Waals surface area contributed by atoms with Gasteiger partial charge in [-0.3, -0.25) is 4.90 Å². The lowest BCUT2D eigenvalue weighted by Crippen LogP contribution is -2.22. The molecule has 0 amide bonds. The molecule has 0 saturated carbocycles. The summed E-state index contributed by atoms with van der Waals surface area (Å²) in [6.45, 7) is 4.02. The molecule has 1 fully saturated rings. The van der Waals surface area contributed by atoms with E-state index in [9.17, 15) is 0 Å². The van der Waals surface area contributed by atoms with Crippen molar-refractivity contribution in [3.8, 4) is 5.69 Å². The Morgan fingerprint density at radius 2 is 2.13 bits per heavy atom. The van der Waals surface area contributed by atoms with Gasteiger partial charge in [0.05, 0.1) is 18.1 Å². The van der Waals surface area contributed by atoms with Gasteiger partial charge in [-0.1, -0.05) is 17.3 Å². The van der Waals surface area contributed by atoms with E-state index in [1.165, 1.54) is 12.0 Å². The van der Waals surface area contributed by atoms with E-state index < -0.39 is 0 Å². The van der Waals surface area contributed by atoms with Gasteiger partial charge in [0, 0.05) is 30.7 Å². The molecule has 1 aliphatic heterocycles. The molecule has 0 aliphatic carbocycles. The van der Waals surface area contributed by atoms with E-state index in [1.807, 2.05) is 24.0 Å². The van der Waals surface area contributed by atoms with Gasteiger partial charge in [-0.05, 0) is 44.0 Å². The summed E-state index contributed by atoms with van der Waals surface area (Å²) >= 11 is 0. The molecule has 4 rings (SSSR count). The standard InChI is InChI=1S/C18H20N4O/c1-14-11-18(23-20-14)17-3-2-9-21(17)12-15-4-6-16(7-5-15)22-10-8-19-13-22/h4-8,10-11,13,17H,2-3,9,12H2,1H3. The van der Waals surface area contributed by atoms with E-state index >= 15 is 0 Å². The first-order valence-corrected chi connectivity index (χ1v) is 8.04. The van der Waals surface area contributed by atoms with Gasteiger partial charge >= 0.3 is 0 Å². The number of nitrogens with zero attached hydrogens (tertiary/aromatic N) is 4. The van der Waals surface area contributed by atoms with Crippen molar-refractivity contribution in [2.24, 2.45) is 0 Å². The van der Waals surface area contributed by atoms with Crippen molar-refractivity contribution in [3.63, 3.8) is 0 Å². The maximum Gasteiger partial charge on any atom is 0.154 e. The van der Waals surface area contributed by atoms with Gasteiger partial charge in [0.1, 0.15) is 0 Å². The van der Waals surface area contributed by atoms with Crippen LogP contribution < -0.4 is 0 Å². The van der Waals surface area contributed by atoms with Crippen LogP contribution in [0.1, 0.15) is 35.9 Å². The minimum absolute atomic E-state index is 0.351. The monoisotopic (exact) mass is 308 g/mol. The van der Waals surface area contributed by atoms with Crippen LogP contribution in [-0.2, 0) is 6.54 Å². The second kappa shape index (κ2) is 6.01. The van der Waals surface area contributed by atoms with Gasteiger partial charge < -0.3 is 9.09 Å². The van der Waals surface area contributed by atoms with Crippen LogP contribution in [0, 0.1) is 6.92 Å². The number of benzene rings is 1. The van der Waals surface area contributed by atoms with Gasteiger partial charge in [-0.15, -0.1) is 0 Å². The summed E-state index contributed by atoms with van der Waals surface area (Å²) < 4.78 is 7.50. The first kappa shape index (κ1) is 14.2. The zero-order chi connectivity index (χ0) is 15.6. The predicted octanol–water partition coefficient (Wildman–Crippen LogP) is 3.51. The molecule has 0 spiro atoms. The van der Waals surface area contributed by atoms with Crippen molar-refractivity contribution in [1.29, 1.82) is 0 Å². The Morgan fingerprint density at radius 1 is 1.26 bits per heavy atom. The summed E-state index contributed by atoms with van der Waals surface area (Å²) in [6.07, 6.45) is 7.91. The van der Waals surface area contributed by atoms with Crippen LogP contribution in [0.3, 0.4) is 0 Å². The molecule has 2 aromatic heterocycles. The molecular weight excluding hydrogens is 288 g/mol. The second-order valence-corrected chi connectivity index (χ2v) is 6.14. The number of hydrogen-bond donors (Lipinski definition) is 0. The van der Waals surface area contributed by atoms with Crippen molar-refractivity contribution >= 4 is 0 Å². The summed E-state index contributed by atoms with van der Waals surface area (Å²) in [4.78, 5) is 6.57. The molecule has 3 aromatic rings. The predicted molar refractivity (Wildman–Crippen MR) is 87.2 cm³/mol. The maximum absolute atomic E-state index is 5.48. The minimum Gasteiger partial charge on any atom is -0.359 e. The van der Waals surface area contributed by atoms with E-state index in [0.29, 0.717) is 6.04 Å². The summed E-state index contributed by atoms with van der Waals surface area (Å²) in [7, 11) is 0. The second-order valence-electron chi connectivity index (χ2n) is 6.14. The SMILES string of the molecule is Cc1cc(C2CCCN2Cc2ccc(-n3ccnc3)cc2)on1. The Hall–Kier alpha value is -2.40. The number of rotatable bonds is 4. The zero-order valence-electron chi connectivity index (χ0n) is 13.2. The van der Waals surface area contributed by atoms with Crippen LogP contribution in [-0.4, -0.2) is 26.2 Å². The highest BCUT2D eigenvalue weighted by Gasteiger charge is 2.28. The van der Waals surface area contributed by atoms with Crippen molar-refractivity contribution < 1.29 is 4.52 Å². The quantitative estimate of drug-likeness (QED) is 0.740. The number of aromatic nitrogens is 3. The van der Waals surface area contributed by atoms with Gasteiger partial charge in [0.25, 0.3) is 0 Å². The molecule has 118 valence electrons. The van der Waals surface area contributed by atoms with Gasteiger partial charge in [-0.25, -0.2) is 4.98 Å². The maximum atomic E-state index is 5.48. The molecule has 23 heavy (non-hydrogen) atoms. The summed E-state index contributed by atoms with van der Waals surface area (Å²) in [5.41, 5.74) is 3.41. The van der Waals surface area contributed by atoms with Crippen LogP contribution in [0.2, 0.25) is 0 Å². The molecule has 1 saturated heterocycles. The van der Waals surface area contributed by atoms with E-state index in [2.05, 4.69) is 45.4 Å². The average Bonchev–Trinajstić information content (AvgIpc) is 3.29. The van der Waals surface area contributed by atoms with Gasteiger partial charge in [0.2, 0.25) is 0 Å². The topological polar surface area (TPSA) is 47.1 Å². The fourth-order valence-electron chi connectivity index (χ4n) is 3.30. The summed E-state index contributed by atoms with van der Waals surface area (Å²) in [6, 6.07) is 11.1. The molecule has 5 heteroatoms. The smallest absolute Gasteiger partial charge is 0.154 e. The Balaban J connectivity index is 1.49. The number of aryl methyl sites for hydroxylation is 1. The Bertz CT molecular complexity index is 761. The summed E-state index contributed by atoms with van der Waals surface area (Å²) in [5.74, 6) is 0.995. The third kappa shape index (κ3) is 2.92. The fourth-order valence-corrected chi connectivity index (χ4v) is 3.30. The van der Waals surface area contributed by atoms with E-state index in [-0.39, 0.29) is 0 Å². The highest BCUT2D eigenvalue weighted by Crippen LogP contribution is 2.33. The van der Waals surface area contributed by atoms with E-state index in [1.54, 1.807) is 6.20 Å². The highest BCUT2D eigenvalue weighted by molar-refractivity contribution is 5.34. The Morgan fingerprint density at radius 3 is 2.83 bits per heavy atom. The fraction of sp³-hybridized carbons (Fsp3) is 0.333. The molecule has 5 nitrogen and oxygen atoms in total. The van der Waals surface area contributed by atoms with Crippen LogP contribution in [0.5, 0.6) is 0 Å². The van der Waals surface area contributed by atoms with Crippen LogP contribution in [0.15, 0.2) is 53.6 Å². The highest BCUT2D eigenvalue weighted by atomic mass is 16.5. The van der Waals surface area contributed by atoms with Crippen LogP contribution in [0.25, 0.3) is 5.69 Å². The largest absolute Gasteiger partial charge is 0.359 e. The Labute approximate surface area is 135 Å². The number of imidazole rings is 1. The third-order valence-corrected chi connectivity index (χ3v) is 4.46. The molecule has 1 aliphatic rings. The summed E-state index contributed by atoms with van der Waals surface area (Å²) in [5, 5.41) is 4.03. The first-order valence-electron chi connectivity index (χ1n) is 8.04. The molecule has 3 heterocycles. The van der Waals surface area contributed by atoms with Crippen molar-refractivity contribution in [3.05, 3.63) is 66.1 Å². The van der Waals surface area contributed by atoms with Gasteiger partial charge in [-0.2, -0.15) is 0 Å². The number of likely N-dealkylation sites (tertiary alicyclic amines) is 1. The number of hydrogen-bond acceptors (Lipinski definition) is 4. The molecule has 0 radical (unpaired) electrons. The molecule has 1 atom stereocenters. The van der Waals surface area contributed by atoms with Gasteiger partial charge in [0.15, 0.2) is 5.76 Å². The lowest BCUT2D eigenvalue weighted by molar-refractivity contribution is 0.206. The lowest BCUT2D eigenvalue weighted by atomic mass is 10.1. The van der Waals surface area contributed by atoms with Crippen molar-refractivity contribution in [2.45, 2.75) is 32.4 Å². The minimum atomic E-state index is 0.351. The van der Waals surface area contributed by atoms with E-state index in [4.69, 9.17) is 4.52 Å². The normalized spacial score (nSPS) is 18.6. The molecule has 1 unspecified atom stereocenters.